The van der Waals surface area contributed by atoms with E-state index in [1.165, 1.54) is 19.1 Å². The van der Waals surface area contributed by atoms with E-state index in [9.17, 15) is 26.4 Å². The Hall–Kier alpha value is -0.800. The number of benzene rings is 1. The van der Waals surface area contributed by atoms with E-state index in [1.54, 1.807) is 0 Å². The molecule has 1 rings (SSSR count). The Morgan fingerprint density at radius 1 is 1.38 bits per heavy atom. The second kappa shape index (κ2) is 6.53. The average molecular weight is 409 g/mol. The van der Waals surface area contributed by atoms with Gasteiger partial charge in [-0.3, -0.25) is 4.79 Å². The Morgan fingerprint density at radius 3 is 2.43 bits per heavy atom. The Labute approximate surface area is 132 Å². The molecule has 1 atom stereocenters. The van der Waals surface area contributed by atoms with Gasteiger partial charge in [0.1, 0.15) is 0 Å². The summed E-state index contributed by atoms with van der Waals surface area (Å²) in [4.78, 5) is 11.5. The number of hydrogen-bond acceptors (Lipinski definition) is 3. The van der Waals surface area contributed by atoms with E-state index in [4.69, 9.17) is 10.7 Å². The van der Waals surface area contributed by atoms with Gasteiger partial charge in [-0.05, 0) is 25.1 Å². The van der Waals surface area contributed by atoms with Crippen molar-refractivity contribution in [1.82, 2.24) is 5.32 Å². The van der Waals surface area contributed by atoms with E-state index >= 15 is 0 Å². The molecule has 0 radical (unpaired) electrons. The zero-order chi connectivity index (χ0) is 16.4. The maximum atomic E-state index is 12.2. The number of alkyl halides is 3. The van der Waals surface area contributed by atoms with E-state index in [0.29, 0.717) is 0 Å². The molecule has 1 aromatic rings. The molecule has 0 bridgehead atoms. The molecule has 4 nitrogen and oxygen atoms in total. The van der Waals surface area contributed by atoms with Crippen LogP contribution in [0, 0.1) is 0 Å². The molecule has 0 aliphatic rings. The van der Waals surface area contributed by atoms with Crippen molar-refractivity contribution < 1.29 is 26.4 Å². The standard InChI is InChI=1S/C11H10BrClF3NO3S/c1-6(5-11(14,15)16)17-10(18)7-2-8(12)4-9(3-7)21(13,19)20/h2-4,6H,5H2,1H3,(H,17,18). The third-order valence-corrected chi connectivity index (χ3v) is 4.12. The number of carbonyl (C=O) groups is 1. The van der Waals surface area contributed by atoms with Crippen molar-refractivity contribution in [2.75, 3.05) is 0 Å². The van der Waals surface area contributed by atoms with Crippen molar-refractivity contribution >= 4 is 41.6 Å². The van der Waals surface area contributed by atoms with Crippen molar-refractivity contribution in [2.24, 2.45) is 0 Å². The molecular weight excluding hydrogens is 399 g/mol. The molecule has 0 fully saturated rings. The van der Waals surface area contributed by atoms with Crippen LogP contribution in [0.25, 0.3) is 0 Å². The van der Waals surface area contributed by atoms with Crippen LogP contribution in [0.2, 0.25) is 0 Å². The van der Waals surface area contributed by atoms with Crippen molar-refractivity contribution in [3.05, 3.63) is 28.2 Å². The summed E-state index contributed by atoms with van der Waals surface area (Å²) in [6.45, 7) is 1.20. The van der Waals surface area contributed by atoms with Gasteiger partial charge < -0.3 is 5.32 Å². The lowest BCUT2D eigenvalue weighted by Crippen LogP contribution is -2.36. The molecular formula is C11H10BrClF3NO3S. The second-order valence-electron chi connectivity index (χ2n) is 4.31. The van der Waals surface area contributed by atoms with Crippen LogP contribution in [-0.4, -0.2) is 26.5 Å². The summed E-state index contributed by atoms with van der Waals surface area (Å²) in [6.07, 6.45) is -5.60. The lowest BCUT2D eigenvalue weighted by Gasteiger charge is -2.16. The molecule has 1 unspecified atom stereocenters. The minimum absolute atomic E-state index is 0.113. The van der Waals surface area contributed by atoms with Crippen molar-refractivity contribution in [2.45, 2.75) is 30.5 Å². The van der Waals surface area contributed by atoms with Gasteiger partial charge in [0.25, 0.3) is 15.0 Å². The number of amides is 1. The smallest absolute Gasteiger partial charge is 0.349 e. The van der Waals surface area contributed by atoms with Crippen LogP contribution in [0.3, 0.4) is 0 Å². The average Bonchev–Trinajstić information content (AvgIpc) is 2.23. The predicted octanol–water partition coefficient (Wildman–Crippen LogP) is 3.45. The molecule has 1 aromatic carbocycles. The molecule has 0 aromatic heterocycles. The predicted molar refractivity (Wildman–Crippen MR) is 74.8 cm³/mol. The van der Waals surface area contributed by atoms with Gasteiger partial charge in [0.05, 0.1) is 11.3 Å². The summed E-state index contributed by atoms with van der Waals surface area (Å²) in [5.74, 6) is -0.824. The zero-order valence-corrected chi connectivity index (χ0v) is 13.7. The quantitative estimate of drug-likeness (QED) is 0.776. The van der Waals surface area contributed by atoms with E-state index < -0.39 is 33.6 Å². The molecule has 1 amide bonds. The van der Waals surface area contributed by atoms with Gasteiger partial charge in [0.15, 0.2) is 0 Å². The van der Waals surface area contributed by atoms with Gasteiger partial charge in [0, 0.05) is 26.8 Å². The third-order valence-electron chi connectivity index (χ3n) is 2.33. The summed E-state index contributed by atoms with van der Waals surface area (Å²) >= 11 is 3.01. The maximum absolute atomic E-state index is 12.2. The molecule has 118 valence electrons. The van der Waals surface area contributed by atoms with Crippen LogP contribution in [0.1, 0.15) is 23.7 Å². The maximum Gasteiger partial charge on any atom is 0.391 e. The lowest BCUT2D eigenvalue weighted by atomic mass is 10.1. The van der Waals surface area contributed by atoms with Crippen LogP contribution in [0.5, 0.6) is 0 Å². The Kier molecular flexibility index (Phi) is 5.68. The van der Waals surface area contributed by atoms with Crippen molar-refractivity contribution in [1.29, 1.82) is 0 Å². The topological polar surface area (TPSA) is 63.2 Å². The third kappa shape index (κ3) is 6.23. The largest absolute Gasteiger partial charge is 0.391 e. The fraction of sp³-hybridized carbons (Fsp3) is 0.364. The SMILES string of the molecule is CC(CC(F)(F)F)NC(=O)c1cc(Br)cc(S(=O)(=O)Cl)c1. The first-order valence-electron chi connectivity index (χ1n) is 5.51. The summed E-state index contributed by atoms with van der Waals surface area (Å²) in [6, 6.07) is 2.30. The lowest BCUT2D eigenvalue weighted by molar-refractivity contribution is -0.138. The monoisotopic (exact) mass is 407 g/mol. The van der Waals surface area contributed by atoms with Crippen LogP contribution >= 0.6 is 26.6 Å². The normalized spacial score (nSPS) is 13.8. The molecule has 21 heavy (non-hydrogen) atoms. The number of rotatable bonds is 4. The Balaban J connectivity index is 2.96. The molecule has 0 aliphatic carbocycles. The highest BCUT2D eigenvalue weighted by molar-refractivity contribution is 9.10. The Morgan fingerprint density at radius 2 is 1.95 bits per heavy atom. The van der Waals surface area contributed by atoms with E-state index in [2.05, 4.69) is 21.2 Å². The fourth-order valence-electron chi connectivity index (χ4n) is 1.54. The number of carbonyl (C=O) groups excluding carboxylic acids is 1. The highest BCUT2D eigenvalue weighted by Crippen LogP contribution is 2.24. The van der Waals surface area contributed by atoms with Crippen LogP contribution < -0.4 is 5.32 Å². The first-order chi connectivity index (χ1) is 9.38. The van der Waals surface area contributed by atoms with Crippen LogP contribution in [0.4, 0.5) is 13.2 Å². The van der Waals surface area contributed by atoms with Crippen LogP contribution in [0.15, 0.2) is 27.6 Å². The molecule has 0 aliphatic heterocycles. The first kappa shape index (κ1) is 18.2. The van der Waals surface area contributed by atoms with E-state index in [1.807, 2.05) is 0 Å². The van der Waals surface area contributed by atoms with Gasteiger partial charge in [-0.1, -0.05) is 15.9 Å². The summed E-state index contributed by atoms with van der Waals surface area (Å²) in [7, 11) is 1.11. The summed E-state index contributed by atoms with van der Waals surface area (Å²) in [5, 5.41) is 2.14. The summed E-state index contributed by atoms with van der Waals surface area (Å²) < 4.78 is 59.3. The number of halogens is 5. The van der Waals surface area contributed by atoms with E-state index in [0.717, 1.165) is 6.07 Å². The van der Waals surface area contributed by atoms with Gasteiger partial charge >= 0.3 is 6.18 Å². The minimum atomic E-state index is -4.41. The molecule has 0 saturated heterocycles. The molecule has 1 N–H and O–H groups in total. The molecule has 0 heterocycles. The zero-order valence-electron chi connectivity index (χ0n) is 10.5. The highest BCUT2D eigenvalue weighted by Gasteiger charge is 2.30. The number of hydrogen-bond donors (Lipinski definition) is 1. The van der Waals surface area contributed by atoms with Gasteiger partial charge in [-0.15, -0.1) is 0 Å². The van der Waals surface area contributed by atoms with Crippen LogP contribution in [-0.2, 0) is 9.05 Å². The Bertz CT molecular complexity index is 649. The minimum Gasteiger partial charge on any atom is -0.349 e. The first-order valence-corrected chi connectivity index (χ1v) is 8.61. The molecule has 10 heteroatoms. The van der Waals surface area contributed by atoms with Crippen molar-refractivity contribution in [3.63, 3.8) is 0 Å². The fourth-order valence-corrected chi connectivity index (χ4v) is 2.99. The highest BCUT2D eigenvalue weighted by atomic mass is 79.9. The van der Waals surface area contributed by atoms with Gasteiger partial charge in [-0.2, -0.15) is 13.2 Å². The van der Waals surface area contributed by atoms with Crippen molar-refractivity contribution in [3.8, 4) is 0 Å². The number of nitrogens with one attached hydrogen (secondary N) is 1. The van der Waals surface area contributed by atoms with E-state index in [-0.39, 0.29) is 14.9 Å². The van der Waals surface area contributed by atoms with Gasteiger partial charge in [-0.25, -0.2) is 8.42 Å². The second-order valence-corrected chi connectivity index (χ2v) is 7.79. The van der Waals surface area contributed by atoms with Gasteiger partial charge in [0.2, 0.25) is 0 Å². The molecule has 0 spiro atoms. The summed E-state index contributed by atoms with van der Waals surface area (Å²) in [5.41, 5.74) is -0.113. The molecule has 0 saturated carbocycles.